The molecule has 20 heavy (non-hydrogen) atoms. The van der Waals surface area contributed by atoms with E-state index in [1.54, 1.807) is 0 Å². The molecule has 0 atom stereocenters. The molecule has 0 unspecified atom stereocenters. The number of nitrogens with zero attached hydrogens (tertiary/aromatic N) is 1. The van der Waals surface area contributed by atoms with E-state index in [-0.39, 0.29) is 5.91 Å². The summed E-state index contributed by atoms with van der Waals surface area (Å²) >= 11 is 1.24. The van der Waals surface area contributed by atoms with E-state index < -0.39 is 0 Å². The summed E-state index contributed by atoms with van der Waals surface area (Å²) in [5.74, 6) is -0.133. The number of amides is 1. The molecule has 5 heteroatoms. The lowest BCUT2D eigenvalue weighted by atomic mass is 10.1. The van der Waals surface area contributed by atoms with Crippen molar-refractivity contribution >= 4 is 28.1 Å². The molecule has 0 saturated heterocycles. The zero-order valence-corrected chi connectivity index (χ0v) is 13.0. The lowest BCUT2D eigenvalue weighted by molar-refractivity contribution is 0.102. The van der Waals surface area contributed by atoms with Gasteiger partial charge in [0.1, 0.15) is 4.88 Å². The quantitative estimate of drug-likeness (QED) is 0.909. The van der Waals surface area contributed by atoms with Crippen molar-refractivity contribution in [3.63, 3.8) is 0 Å². The molecule has 1 aromatic carbocycles. The SMILES string of the molecule is CCc1nc(N)sc1C(=O)Nc1c(C)cc(C)cc1C. The summed E-state index contributed by atoms with van der Waals surface area (Å²) in [4.78, 5) is 17.2. The molecule has 1 amide bonds. The van der Waals surface area contributed by atoms with E-state index in [0.29, 0.717) is 16.4 Å². The van der Waals surface area contributed by atoms with E-state index in [0.717, 1.165) is 22.5 Å². The van der Waals surface area contributed by atoms with Crippen molar-refractivity contribution in [2.24, 2.45) is 0 Å². The average molecular weight is 289 g/mol. The van der Waals surface area contributed by atoms with Gasteiger partial charge >= 0.3 is 0 Å². The van der Waals surface area contributed by atoms with Gasteiger partial charge in [-0.15, -0.1) is 0 Å². The minimum atomic E-state index is -0.133. The molecule has 0 fully saturated rings. The molecular weight excluding hydrogens is 270 g/mol. The zero-order chi connectivity index (χ0) is 14.9. The van der Waals surface area contributed by atoms with Crippen molar-refractivity contribution in [2.45, 2.75) is 34.1 Å². The first-order valence-corrected chi connectivity index (χ1v) is 7.38. The predicted octanol–water partition coefficient (Wildman–Crippen LogP) is 3.47. The molecule has 0 saturated carbocycles. The Morgan fingerprint density at radius 3 is 2.45 bits per heavy atom. The number of nitrogens with two attached hydrogens (primary N) is 1. The lowest BCUT2D eigenvalue weighted by Crippen LogP contribution is -2.14. The van der Waals surface area contributed by atoms with Gasteiger partial charge in [0.05, 0.1) is 5.69 Å². The molecule has 0 aliphatic heterocycles. The van der Waals surface area contributed by atoms with Gasteiger partial charge in [0, 0.05) is 5.69 Å². The fraction of sp³-hybridized carbons (Fsp3) is 0.333. The number of nitrogen functional groups attached to an aromatic ring is 1. The monoisotopic (exact) mass is 289 g/mol. The van der Waals surface area contributed by atoms with Crippen molar-refractivity contribution in [3.05, 3.63) is 39.4 Å². The van der Waals surface area contributed by atoms with Crippen LogP contribution in [0.5, 0.6) is 0 Å². The normalized spacial score (nSPS) is 10.6. The highest BCUT2D eigenvalue weighted by atomic mass is 32.1. The molecule has 2 rings (SSSR count). The molecule has 1 aromatic heterocycles. The van der Waals surface area contributed by atoms with Crippen molar-refractivity contribution in [3.8, 4) is 0 Å². The Labute approximate surface area is 123 Å². The number of hydrogen-bond donors (Lipinski definition) is 2. The van der Waals surface area contributed by atoms with Crippen molar-refractivity contribution in [1.29, 1.82) is 0 Å². The van der Waals surface area contributed by atoms with Crippen LogP contribution >= 0.6 is 11.3 Å². The lowest BCUT2D eigenvalue weighted by Gasteiger charge is -2.12. The summed E-state index contributed by atoms with van der Waals surface area (Å²) in [5.41, 5.74) is 10.6. The number of aryl methyl sites for hydroxylation is 4. The third-order valence-corrected chi connectivity index (χ3v) is 4.10. The van der Waals surface area contributed by atoms with Crippen LogP contribution in [0.4, 0.5) is 10.8 Å². The zero-order valence-electron chi connectivity index (χ0n) is 12.2. The Bertz CT molecular complexity index is 638. The van der Waals surface area contributed by atoms with Crippen LogP contribution in [-0.4, -0.2) is 10.9 Å². The largest absolute Gasteiger partial charge is 0.375 e. The molecule has 0 spiro atoms. The maximum absolute atomic E-state index is 12.4. The number of rotatable bonds is 3. The van der Waals surface area contributed by atoms with Crippen LogP contribution in [0.3, 0.4) is 0 Å². The van der Waals surface area contributed by atoms with E-state index in [2.05, 4.69) is 22.4 Å². The van der Waals surface area contributed by atoms with Crippen LogP contribution in [-0.2, 0) is 6.42 Å². The summed E-state index contributed by atoms with van der Waals surface area (Å²) < 4.78 is 0. The maximum Gasteiger partial charge on any atom is 0.267 e. The van der Waals surface area contributed by atoms with E-state index in [4.69, 9.17) is 5.73 Å². The second-order valence-electron chi connectivity index (χ2n) is 4.91. The predicted molar refractivity (Wildman–Crippen MR) is 84.5 cm³/mol. The number of aromatic nitrogens is 1. The van der Waals surface area contributed by atoms with Gasteiger partial charge in [-0.3, -0.25) is 4.79 Å². The molecule has 106 valence electrons. The summed E-state index contributed by atoms with van der Waals surface area (Å²) in [6, 6.07) is 4.12. The van der Waals surface area contributed by atoms with Gasteiger partial charge in [0.25, 0.3) is 5.91 Å². The Morgan fingerprint density at radius 1 is 1.30 bits per heavy atom. The van der Waals surface area contributed by atoms with Crippen LogP contribution in [0.1, 0.15) is 39.0 Å². The van der Waals surface area contributed by atoms with E-state index in [1.807, 2.05) is 27.7 Å². The summed E-state index contributed by atoms with van der Waals surface area (Å²) in [5, 5.41) is 3.42. The fourth-order valence-electron chi connectivity index (χ4n) is 2.33. The minimum Gasteiger partial charge on any atom is -0.375 e. The van der Waals surface area contributed by atoms with E-state index >= 15 is 0 Å². The Hall–Kier alpha value is -1.88. The number of nitrogens with one attached hydrogen (secondary N) is 1. The molecule has 1 heterocycles. The van der Waals surface area contributed by atoms with Gasteiger partial charge in [-0.25, -0.2) is 4.98 Å². The minimum absolute atomic E-state index is 0.133. The van der Waals surface area contributed by atoms with E-state index in [9.17, 15) is 4.79 Å². The Balaban J connectivity index is 2.32. The first kappa shape index (κ1) is 14.5. The van der Waals surface area contributed by atoms with E-state index in [1.165, 1.54) is 16.9 Å². The second-order valence-corrected chi connectivity index (χ2v) is 5.94. The smallest absolute Gasteiger partial charge is 0.267 e. The third kappa shape index (κ3) is 2.82. The highest BCUT2D eigenvalue weighted by molar-refractivity contribution is 7.17. The van der Waals surface area contributed by atoms with Crippen LogP contribution in [0, 0.1) is 20.8 Å². The third-order valence-electron chi connectivity index (χ3n) is 3.17. The summed E-state index contributed by atoms with van der Waals surface area (Å²) in [6.07, 6.45) is 0.697. The number of hydrogen-bond acceptors (Lipinski definition) is 4. The maximum atomic E-state index is 12.4. The van der Waals surface area contributed by atoms with Crippen molar-refractivity contribution in [1.82, 2.24) is 4.98 Å². The van der Waals surface area contributed by atoms with Gasteiger partial charge in [-0.1, -0.05) is 36.0 Å². The number of carbonyl (C=O) groups excluding carboxylic acids is 1. The molecule has 0 aliphatic carbocycles. The topological polar surface area (TPSA) is 68.0 Å². The average Bonchev–Trinajstić information content (AvgIpc) is 2.75. The Kier molecular flexibility index (Phi) is 4.09. The number of carbonyl (C=O) groups is 1. The Morgan fingerprint density at radius 2 is 1.90 bits per heavy atom. The number of thiazole rings is 1. The van der Waals surface area contributed by atoms with Gasteiger partial charge < -0.3 is 11.1 Å². The van der Waals surface area contributed by atoms with Gasteiger partial charge in [0.15, 0.2) is 5.13 Å². The van der Waals surface area contributed by atoms with Gasteiger partial charge in [0.2, 0.25) is 0 Å². The summed E-state index contributed by atoms with van der Waals surface area (Å²) in [6.45, 7) is 8.01. The first-order valence-electron chi connectivity index (χ1n) is 6.56. The molecule has 0 aliphatic rings. The van der Waals surface area contributed by atoms with Crippen LogP contribution < -0.4 is 11.1 Å². The molecular formula is C15H19N3OS. The molecule has 0 radical (unpaired) electrons. The molecule has 3 N–H and O–H groups in total. The van der Waals surface area contributed by atoms with Crippen LogP contribution in [0.2, 0.25) is 0 Å². The highest BCUT2D eigenvalue weighted by Crippen LogP contribution is 2.26. The molecule has 2 aromatic rings. The molecule has 0 bridgehead atoms. The first-order chi connectivity index (χ1) is 9.42. The standard InChI is InChI=1S/C15H19N3OS/c1-5-11-13(20-15(16)17-11)14(19)18-12-9(3)6-8(2)7-10(12)4/h6-7H,5H2,1-4H3,(H2,16,17)(H,18,19). The van der Waals surface area contributed by atoms with Gasteiger partial charge in [-0.2, -0.15) is 0 Å². The van der Waals surface area contributed by atoms with Gasteiger partial charge in [-0.05, 0) is 38.3 Å². The van der Waals surface area contributed by atoms with Crippen molar-refractivity contribution < 1.29 is 4.79 Å². The highest BCUT2D eigenvalue weighted by Gasteiger charge is 2.17. The number of benzene rings is 1. The summed E-state index contributed by atoms with van der Waals surface area (Å²) in [7, 11) is 0. The molecule has 4 nitrogen and oxygen atoms in total. The van der Waals surface area contributed by atoms with Crippen molar-refractivity contribution in [2.75, 3.05) is 11.1 Å². The fourth-order valence-corrected chi connectivity index (χ4v) is 3.15. The van der Waals surface area contributed by atoms with Crippen LogP contribution in [0.15, 0.2) is 12.1 Å². The van der Waals surface area contributed by atoms with Crippen LogP contribution in [0.25, 0.3) is 0 Å². The second kappa shape index (κ2) is 5.63. The number of anilines is 2.